The largest absolute Gasteiger partial charge is 0.377 e. The lowest BCUT2D eigenvalue weighted by molar-refractivity contribution is 0.252. The molecule has 6 heteroatoms. The van der Waals surface area contributed by atoms with Crippen molar-refractivity contribution >= 4 is 34.7 Å². The predicted octanol–water partition coefficient (Wildman–Crippen LogP) is 6.35. The number of rotatable bonds is 3. The number of hydrogen-bond donors (Lipinski definition) is 3. The van der Waals surface area contributed by atoms with E-state index in [0.717, 1.165) is 39.3 Å². The van der Waals surface area contributed by atoms with Crippen LogP contribution in [0, 0.1) is 20.8 Å². The van der Waals surface area contributed by atoms with E-state index in [1.807, 2.05) is 63.2 Å². The molecule has 31 heavy (non-hydrogen) atoms. The topological polar surface area (TPSA) is 65.5 Å². The number of carbonyl (C=O) groups is 1. The van der Waals surface area contributed by atoms with Gasteiger partial charge in [-0.05, 0) is 73.9 Å². The Labute approximate surface area is 187 Å². The van der Waals surface area contributed by atoms with E-state index >= 15 is 0 Å². The molecule has 0 fully saturated rings. The van der Waals surface area contributed by atoms with E-state index in [2.05, 4.69) is 39.4 Å². The Morgan fingerprint density at radius 1 is 1.00 bits per heavy atom. The molecule has 3 aromatic rings. The molecular weight excluding hydrogens is 408 g/mol. The van der Waals surface area contributed by atoms with Gasteiger partial charge in [0.25, 0.3) is 0 Å². The average molecular weight is 433 g/mol. The van der Waals surface area contributed by atoms with E-state index in [4.69, 9.17) is 11.6 Å². The van der Waals surface area contributed by atoms with Crippen LogP contribution in [0.4, 0.5) is 16.2 Å². The molecule has 3 aromatic carbocycles. The number of fused-ring (bicyclic) bond motifs is 1. The molecule has 0 radical (unpaired) electrons. The van der Waals surface area contributed by atoms with Crippen molar-refractivity contribution in [3.05, 3.63) is 93.5 Å². The Morgan fingerprint density at radius 2 is 1.77 bits per heavy atom. The number of hydrazone groups is 1. The standard InChI is InChI=1S/C25H25ClN4O/c1-15-4-11-22-21(12-15)24(14-23(28-22)18-6-8-19(26)9-7-18)29-30-25(31)27-20-10-5-16(2)17(3)13-20/h4-13,23,28H,14H2,1-3H3,(H2,27,30,31). The van der Waals surface area contributed by atoms with E-state index in [9.17, 15) is 4.79 Å². The van der Waals surface area contributed by atoms with Crippen LogP contribution in [0.5, 0.6) is 0 Å². The van der Waals surface area contributed by atoms with Gasteiger partial charge >= 0.3 is 6.03 Å². The first-order valence-corrected chi connectivity index (χ1v) is 10.6. The minimum atomic E-state index is -0.369. The summed E-state index contributed by atoms with van der Waals surface area (Å²) in [6, 6.07) is 19.5. The smallest absolute Gasteiger partial charge is 0.339 e. The Kier molecular flexibility index (Phi) is 5.96. The Morgan fingerprint density at radius 3 is 2.52 bits per heavy atom. The summed E-state index contributed by atoms with van der Waals surface area (Å²) in [6.45, 7) is 6.10. The summed E-state index contributed by atoms with van der Waals surface area (Å²) in [4.78, 5) is 12.5. The predicted molar refractivity (Wildman–Crippen MR) is 128 cm³/mol. The molecule has 0 saturated heterocycles. The van der Waals surface area contributed by atoms with Gasteiger partial charge in [0.2, 0.25) is 0 Å². The number of carbonyl (C=O) groups excluding carboxylic acids is 1. The average Bonchev–Trinajstić information content (AvgIpc) is 2.75. The van der Waals surface area contributed by atoms with Gasteiger partial charge < -0.3 is 10.6 Å². The molecule has 2 amide bonds. The van der Waals surface area contributed by atoms with Crippen LogP contribution >= 0.6 is 11.6 Å². The zero-order valence-electron chi connectivity index (χ0n) is 17.8. The van der Waals surface area contributed by atoms with Crippen LogP contribution in [0.1, 0.15) is 40.3 Å². The molecule has 0 saturated carbocycles. The lowest BCUT2D eigenvalue weighted by atomic mass is 9.91. The van der Waals surface area contributed by atoms with E-state index in [-0.39, 0.29) is 12.1 Å². The molecule has 3 N–H and O–H groups in total. The molecule has 0 aromatic heterocycles. The summed E-state index contributed by atoms with van der Waals surface area (Å²) in [6.07, 6.45) is 0.641. The van der Waals surface area contributed by atoms with Crippen LogP contribution in [0.15, 0.2) is 65.8 Å². The highest BCUT2D eigenvalue weighted by Gasteiger charge is 2.24. The number of amides is 2. The van der Waals surface area contributed by atoms with Crippen molar-refractivity contribution in [3.8, 4) is 0 Å². The Balaban J connectivity index is 1.56. The molecule has 0 spiro atoms. The number of aryl methyl sites for hydroxylation is 3. The van der Waals surface area contributed by atoms with Crippen molar-refractivity contribution in [1.29, 1.82) is 0 Å². The molecular formula is C25H25ClN4O. The van der Waals surface area contributed by atoms with Crippen molar-refractivity contribution < 1.29 is 4.79 Å². The van der Waals surface area contributed by atoms with Gasteiger partial charge in [-0.2, -0.15) is 5.10 Å². The van der Waals surface area contributed by atoms with Gasteiger partial charge in [0.1, 0.15) is 0 Å². The van der Waals surface area contributed by atoms with Gasteiger partial charge in [-0.3, -0.25) is 0 Å². The highest BCUT2D eigenvalue weighted by Crippen LogP contribution is 2.34. The minimum Gasteiger partial charge on any atom is -0.377 e. The van der Waals surface area contributed by atoms with Crippen molar-refractivity contribution in [2.24, 2.45) is 5.10 Å². The first-order chi connectivity index (χ1) is 14.9. The molecule has 158 valence electrons. The zero-order chi connectivity index (χ0) is 22.0. The summed E-state index contributed by atoms with van der Waals surface area (Å²) in [7, 11) is 0. The maximum Gasteiger partial charge on any atom is 0.339 e. The normalized spacial score (nSPS) is 16.4. The van der Waals surface area contributed by atoms with Crippen LogP contribution < -0.4 is 16.1 Å². The number of halogens is 1. The fraction of sp³-hybridized carbons (Fsp3) is 0.200. The maximum absolute atomic E-state index is 12.5. The number of urea groups is 1. The van der Waals surface area contributed by atoms with Crippen LogP contribution in [0.25, 0.3) is 0 Å². The maximum atomic E-state index is 12.5. The molecule has 5 nitrogen and oxygen atoms in total. The van der Waals surface area contributed by atoms with Crippen LogP contribution in [-0.4, -0.2) is 11.7 Å². The highest BCUT2D eigenvalue weighted by molar-refractivity contribution is 6.30. The molecule has 1 heterocycles. The highest BCUT2D eigenvalue weighted by atomic mass is 35.5. The summed E-state index contributed by atoms with van der Waals surface area (Å²) in [5.41, 5.74) is 10.8. The SMILES string of the molecule is Cc1ccc2c(c1)C(=NNC(=O)Nc1ccc(C)c(C)c1)CC(c1ccc(Cl)cc1)N2. The Hall–Kier alpha value is -3.31. The summed E-state index contributed by atoms with van der Waals surface area (Å²) < 4.78 is 0. The van der Waals surface area contributed by atoms with Crippen molar-refractivity contribution in [1.82, 2.24) is 5.43 Å². The van der Waals surface area contributed by atoms with Crippen molar-refractivity contribution in [2.45, 2.75) is 33.2 Å². The van der Waals surface area contributed by atoms with E-state index in [1.54, 1.807) is 0 Å². The second-order valence-electron chi connectivity index (χ2n) is 7.93. The summed E-state index contributed by atoms with van der Waals surface area (Å²) >= 11 is 6.05. The third-order valence-corrected chi connectivity index (χ3v) is 5.79. The molecule has 1 unspecified atom stereocenters. The van der Waals surface area contributed by atoms with Crippen LogP contribution in [-0.2, 0) is 0 Å². The summed E-state index contributed by atoms with van der Waals surface area (Å²) in [5.74, 6) is 0. The second kappa shape index (κ2) is 8.82. The molecule has 0 aliphatic carbocycles. The fourth-order valence-corrected chi connectivity index (χ4v) is 3.79. The third kappa shape index (κ3) is 4.89. The monoisotopic (exact) mass is 432 g/mol. The van der Waals surface area contributed by atoms with Crippen LogP contribution in [0.2, 0.25) is 5.02 Å². The van der Waals surface area contributed by atoms with Crippen LogP contribution in [0.3, 0.4) is 0 Å². The third-order valence-electron chi connectivity index (χ3n) is 5.54. The number of nitrogens with zero attached hydrogens (tertiary/aromatic N) is 1. The van der Waals surface area contributed by atoms with Gasteiger partial charge in [0.05, 0.1) is 11.8 Å². The lowest BCUT2D eigenvalue weighted by Crippen LogP contribution is -2.29. The number of anilines is 2. The Bertz CT molecular complexity index is 1150. The lowest BCUT2D eigenvalue weighted by Gasteiger charge is -2.29. The van der Waals surface area contributed by atoms with Crippen molar-refractivity contribution in [3.63, 3.8) is 0 Å². The van der Waals surface area contributed by atoms with Crippen molar-refractivity contribution in [2.75, 3.05) is 10.6 Å². The van der Waals surface area contributed by atoms with E-state index in [1.165, 1.54) is 5.56 Å². The first kappa shape index (κ1) is 20.9. The zero-order valence-corrected chi connectivity index (χ0v) is 18.5. The number of benzene rings is 3. The molecule has 1 aliphatic heterocycles. The van der Waals surface area contributed by atoms with Gasteiger partial charge in [-0.1, -0.05) is 41.4 Å². The van der Waals surface area contributed by atoms with Gasteiger partial charge in [-0.15, -0.1) is 0 Å². The number of hydrogen-bond acceptors (Lipinski definition) is 3. The second-order valence-corrected chi connectivity index (χ2v) is 8.36. The number of nitrogens with one attached hydrogen (secondary N) is 3. The van der Waals surface area contributed by atoms with E-state index in [0.29, 0.717) is 11.4 Å². The van der Waals surface area contributed by atoms with Gasteiger partial charge in [0, 0.05) is 28.4 Å². The van der Waals surface area contributed by atoms with Gasteiger partial charge in [-0.25, -0.2) is 10.2 Å². The van der Waals surface area contributed by atoms with Gasteiger partial charge in [0.15, 0.2) is 0 Å². The molecule has 0 bridgehead atoms. The minimum absolute atomic E-state index is 0.0378. The molecule has 1 atom stereocenters. The summed E-state index contributed by atoms with van der Waals surface area (Å²) in [5, 5.41) is 11.6. The molecule has 4 rings (SSSR count). The quantitative estimate of drug-likeness (QED) is 0.422. The van der Waals surface area contributed by atoms with E-state index < -0.39 is 0 Å². The molecule has 1 aliphatic rings. The fourth-order valence-electron chi connectivity index (χ4n) is 3.66. The first-order valence-electron chi connectivity index (χ1n) is 10.2.